The van der Waals surface area contributed by atoms with Crippen molar-refractivity contribution in [3.05, 3.63) is 34.5 Å². The van der Waals surface area contributed by atoms with Gasteiger partial charge in [-0.25, -0.2) is 9.37 Å². The molecule has 0 saturated carbocycles. The number of nitrogens with two attached hydrogens (primary N) is 1. The molecule has 0 aliphatic carbocycles. The molecule has 0 saturated heterocycles. The molecule has 1 heterocycles. The fraction of sp³-hybridized carbons (Fsp3) is 0.250. The van der Waals surface area contributed by atoms with Crippen LogP contribution in [0.15, 0.2) is 23.0 Å². The zero-order valence-electron chi connectivity index (χ0n) is 9.94. The van der Waals surface area contributed by atoms with E-state index < -0.39 is 0 Å². The van der Waals surface area contributed by atoms with Crippen molar-refractivity contribution in [1.29, 1.82) is 0 Å². The Bertz CT molecular complexity index is 516. The molecule has 0 bridgehead atoms. The molecule has 3 N–H and O–H groups in total. The largest absolute Gasteiger partial charge is 0.495 e. The molecule has 0 spiro atoms. The minimum atomic E-state index is -0.383. The Kier molecular flexibility index (Phi) is 3.99. The molecule has 2 rings (SSSR count). The number of nitrogen functional groups attached to an aromatic ring is 1. The third kappa shape index (κ3) is 2.89. The van der Waals surface area contributed by atoms with Gasteiger partial charge in [0.05, 0.1) is 29.7 Å². The van der Waals surface area contributed by atoms with Crippen molar-refractivity contribution >= 4 is 22.7 Å². The summed E-state index contributed by atoms with van der Waals surface area (Å²) in [5.74, 6) is 0.0825. The Labute approximate surface area is 109 Å². The third-order valence-electron chi connectivity index (χ3n) is 2.50. The lowest BCUT2D eigenvalue weighted by atomic mass is 10.2. The minimum Gasteiger partial charge on any atom is -0.495 e. The highest BCUT2D eigenvalue weighted by atomic mass is 32.1. The van der Waals surface area contributed by atoms with Gasteiger partial charge in [0.2, 0.25) is 0 Å². The first kappa shape index (κ1) is 12.6. The quantitative estimate of drug-likeness (QED) is 0.817. The van der Waals surface area contributed by atoms with E-state index in [1.165, 1.54) is 13.2 Å². The normalized spacial score (nSPS) is 10.3. The molecule has 0 atom stereocenters. The summed E-state index contributed by atoms with van der Waals surface area (Å²) in [6.45, 7) is 0.605. The second-order valence-corrected chi connectivity index (χ2v) is 4.45. The van der Waals surface area contributed by atoms with Crippen LogP contribution in [0.2, 0.25) is 0 Å². The predicted molar refractivity (Wildman–Crippen MR) is 71.7 cm³/mol. The molecule has 0 amide bonds. The number of benzene rings is 1. The molecule has 6 heteroatoms. The van der Waals surface area contributed by atoms with Crippen molar-refractivity contribution in [1.82, 2.24) is 4.98 Å². The van der Waals surface area contributed by atoms with E-state index in [0.29, 0.717) is 23.7 Å². The smallest absolute Gasteiger partial charge is 0.148 e. The van der Waals surface area contributed by atoms with E-state index in [9.17, 15) is 4.39 Å². The predicted octanol–water partition coefficient (Wildman–Crippen LogP) is 2.53. The van der Waals surface area contributed by atoms with Crippen molar-refractivity contribution in [3.8, 4) is 5.75 Å². The van der Waals surface area contributed by atoms with Crippen molar-refractivity contribution < 1.29 is 9.13 Å². The standard InChI is InChI=1S/C12H14FN3OS/c1-17-12-5-11(9(13)4-10(12)14)15-3-2-8-6-18-7-16-8/h4-7,15H,2-3,14H2,1H3. The number of nitrogens with zero attached hydrogens (tertiary/aromatic N) is 1. The highest BCUT2D eigenvalue weighted by molar-refractivity contribution is 7.07. The Morgan fingerprint density at radius 2 is 2.33 bits per heavy atom. The lowest BCUT2D eigenvalue weighted by Gasteiger charge is -2.10. The van der Waals surface area contributed by atoms with E-state index in [2.05, 4.69) is 10.3 Å². The molecule has 0 fully saturated rings. The van der Waals surface area contributed by atoms with Gasteiger partial charge in [0, 0.05) is 30.5 Å². The summed E-state index contributed by atoms with van der Waals surface area (Å²) in [5, 5.41) is 4.98. The average molecular weight is 267 g/mol. The summed E-state index contributed by atoms with van der Waals surface area (Å²) in [7, 11) is 1.50. The highest BCUT2D eigenvalue weighted by Gasteiger charge is 2.08. The van der Waals surface area contributed by atoms with Crippen molar-refractivity contribution in [3.63, 3.8) is 0 Å². The third-order valence-corrected chi connectivity index (χ3v) is 3.13. The van der Waals surface area contributed by atoms with E-state index in [1.54, 1.807) is 22.9 Å². The maximum absolute atomic E-state index is 13.6. The van der Waals surface area contributed by atoms with Gasteiger partial charge in [-0.3, -0.25) is 0 Å². The fourth-order valence-electron chi connectivity index (χ4n) is 1.57. The Morgan fingerprint density at radius 3 is 3.00 bits per heavy atom. The molecule has 1 aromatic heterocycles. The van der Waals surface area contributed by atoms with E-state index in [4.69, 9.17) is 10.5 Å². The van der Waals surface area contributed by atoms with Gasteiger partial charge in [-0.05, 0) is 0 Å². The Hall–Kier alpha value is -1.82. The summed E-state index contributed by atoms with van der Waals surface area (Å²) < 4.78 is 18.7. The second-order valence-electron chi connectivity index (χ2n) is 3.73. The zero-order chi connectivity index (χ0) is 13.0. The number of halogens is 1. The molecule has 0 aliphatic rings. The van der Waals surface area contributed by atoms with Gasteiger partial charge in [-0.1, -0.05) is 0 Å². The van der Waals surface area contributed by atoms with E-state index in [-0.39, 0.29) is 5.82 Å². The molecule has 4 nitrogen and oxygen atoms in total. The molecule has 96 valence electrons. The first-order valence-corrected chi connectivity index (χ1v) is 6.39. The number of rotatable bonds is 5. The second kappa shape index (κ2) is 5.68. The summed E-state index contributed by atoms with van der Waals surface area (Å²) in [6, 6.07) is 2.82. The first-order chi connectivity index (χ1) is 8.70. The molecule has 2 aromatic rings. The number of hydrogen-bond donors (Lipinski definition) is 2. The van der Waals surface area contributed by atoms with Crippen LogP contribution >= 0.6 is 11.3 Å². The van der Waals surface area contributed by atoms with Crippen LogP contribution in [0.1, 0.15) is 5.69 Å². The minimum absolute atomic E-state index is 0.292. The fourth-order valence-corrected chi connectivity index (χ4v) is 2.16. The summed E-state index contributed by atoms with van der Waals surface area (Å²) >= 11 is 1.55. The van der Waals surface area contributed by atoms with E-state index in [0.717, 1.165) is 12.1 Å². The number of nitrogens with one attached hydrogen (secondary N) is 1. The topological polar surface area (TPSA) is 60.2 Å². The molecule has 0 radical (unpaired) electrons. The van der Waals surface area contributed by atoms with Gasteiger partial charge in [0.25, 0.3) is 0 Å². The number of ether oxygens (including phenoxy) is 1. The zero-order valence-corrected chi connectivity index (χ0v) is 10.8. The number of hydrogen-bond acceptors (Lipinski definition) is 5. The molecule has 1 aromatic carbocycles. The maximum atomic E-state index is 13.6. The number of methoxy groups -OCH3 is 1. The highest BCUT2D eigenvalue weighted by Crippen LogP contribution is 2.28. The van der Waals surface area contributed by atoms with Gasteiger partial charge >= 0.3 is 0 Å². The molecule has 0 unspecified atom stereocenters. The van der Waals surface area contributed by atoms with Crippen molar-refractivity contribution in [2.45, 2.75) is 6.42 Å². The van der Waals surface area contributed by atoms with Crippen LogP contribution < -0.4 is 15.8 Å². The number of aromatic nitrogens is 1. The lowest BCUT2D eigenvalue weighted by Crippen LogP contribution is -2.07. The van der Waals surface area contributed by atoms with Crippen LogP contribution in [-0.2, 0) is 6.42 Å². The van der Waals surface area contributed by atoms with Gasteiger partial charge in [-0.2, -0.15) is 0 Å². The van der Waals surface area contributed by atoms with Crippen LogP contribution in [0, 0.1) is 5.82 Å². The molecule has 18 heavy (non-hydrogen) atoms. The monoisotopic (exact) mass is 267 g/mol. The molecular weight excluding hydrogens is 253 g/mol. The summed E-state index contributed by atoms with van der Waals surface area (Å²) in [6.07, 6.45) is 0.746. The van der Waals surface area contributed by atoms with Crippen LogP contribution in [0.3, 0.4) is 0 Å². The summed E-state index contributed by atoms with van der Waals surface area (Å²) in [4.78, 5) is 4.16. The van der Waals surface area contributed by atoms with Gasteiger partial charge in [0.15, 0.2) is 0 Å². The van der Waals surface area contributed by atoms with E-state index in [1.807, 2.05) is 5.38 Å². The van der Waals surface area contributed by atoms with Crippen molar-refractivity contribution in [2.75, 3.05) is 24.7 Å². The first-order valence-electron chi connectivity index (χ1n) is 5.44. The average Bonchev–Trinajstić information content (AvgIpc) is 2.85. The van der Waals surface area contributed by atoms with Gasteiger partial charge in [-0.15, -0.1) is 11.3 Å². The van der Waals surface area contributed by atoms with Crippen molar-refractivity contribution in [2.24, 2.45) is 0 Å². The van der Waals surface area contributed by atoms with Gasteiger partial charge < -0.3 is 15.8 Å². The molecule has 0 aliphatic heterocycles. The number of thiazole rings is 1. The van der Waals surface area contributed by atoms with Crippen LogP contribution in [0.4, 0.5) is 15.8 Å². The number of anilines is 2. The SMILES string of the molecule is COc1cc(NCCc2cscn2)c(F)cc1N. The maximum Gasteiger partial charge on any atom is 0.148 e. The molecular formula is C12H14FN3OS. The Morgan fingerprint density at radius 1 is 1.50 bits per heavy atom. The van der Waals surface area contributed by atoms with Gasteiger partial charge in [0.1, 0.15) is 11.6 Å². The summed E-state index contributed by atoms with van der Waals surface area (Å²) in [5.41, 5.74) is 9.06. The van der Waals surface area contributed by atoms with Crippen LogP contribution in [-0.4, -0.2) is 18.6 Å². The van der Waals surface area contributed by atoms with E-state index >= 15 is 0 Å². The van der Waals surface area contributed by atoms with Crippen LogP contribution in [0.25, 0.3) is 0 Å². The van der Waals surface area contributed by atoms with Crippen LogP contribution in [0.5, 0.6) is 5.75 Å². The lowest BCUT2D eigenvalue weighted by molar-refractivity contribution is 0.416. The Balaban J connectivity index is 2.00.